The summed E-state index contributed by atoms with van der Waals surface area (Å²) in [6.07, 6.45) is 0. The molecule has 0 rings (SSSR count). The highest BCUT2D eigenvalue weighted by Gasteiger charge is 2.19. The van der Waals surface area contributed by atoms with Crippen LogP contribution in [0.3, 0.4) is 0 Å². The highest BCUT2D eigenvalue weighted by Crippen LogP contribution is 2.35. The van der Waals surface area contributed by atoms with Gasteiger partial charge in [0.15, 0.2) is 0 Å². The summed E-state index contributed by atoms with van der Waals surface area (Å²) >= 11 is 0. The molecular weight excluding hydrogens is 189 g/mol. The number of nitrogens with one attached hydrogen (secondary N) is 1. The van der Waals surface area contributed by atoms with E-state index in [1.807, 2.05) is 0 Å². The SMILES string of the molecule is O=C(CNCCO)OP(=O)(O)O. The minimum absolute atomic E-state index is 0.163. The fourth-order valence-electron chi connectivity index (χ4n) is 0.434. The molecule has 7 nitrogen and oxygen atoms in total. The van der Waals surface area contributed by atoms with Gasteiger partial charge < -0.3 is 14.9 Å². The fraction of sp³-hybridized carbons (Fsp3) is 0.750. The zero-order valence-electron chi connectivity index (χ0n) is 6.13. The minimum atomic E-state index is -4.72. The normalized spacial score (nSPS) is 11.2. The molecule has 0 aliphatic heterocycles. The first-order chi connectivity index (χ1) is 5.45. The zero-order chi connectivity index (χ0) is 9.61. The molecule has 0 aliphatic rings. The van der Waals surface area contributed by atoms with Crippen LogP contribution in [0, 0.1) is 0 Å². The van der Waals surface area contributed by atoms with Crippen LogP contribution in [-0.2, 0) is 13.9 Å². The Hall–Kier alpha value is -0.460. The van der Waals surface area contributed by atoms with Crippen LogP contribution in [0.5, 0.6) is 0 Å². The Morgan fingerprint density at radius 1 is 1.50 bits per heavy atom. The van der Waals surface area contributed by atoms with Crippen molar-refractivity contribution in [2.45, 2.75) is 0 Å². The van der Waals surface area contributed by atoms with Crippen LogP contribution < -0.4 is 5.32 Å². The summed E-state index contributed by atoms with van der Waals surface area (Å²) in [5, 5.41) is 10.6. The maximum Gasteiger partial charge on any atom is 0.527 e. The summed E-state index contributed by atoms with van der Waals surface area (Å²) in [6.45, 7) is -0.342. The molecule has 72 valence electrons. The van der Waals surface area contributed by atoms with Crippen LogP contribution in [0.2, 0.25) is 0 Å². The van der Waals surface area contributed by atoms with Crippen LogP contribution in [0.15, 0.2) is 0 Å². The number of phosphoric acid groups is 1. The van der Waals surface area contributed by atoms with E-state index in [1.165, 1.54) is 0 Å². The fourth-order valence-corrected chi connectivity index (χ4v) is 0.764. The molecule has 0 heterocycles. The summed E-state index contributed by atoms with van der Waals surface area (Å²) in [5.74, 6) is -1.06. The lowest BCUT2D eigenvalue weighted by molar-refractivity contribution is -0.134. The summed E-state index contributed by atoms with van der Waals surface area (Å²) in [5.41, 5.74) is 0. The Morgan fingerprint density at radius 3 is 2.50 bits per heavy atom. The van der Waals surface area contributed by atoms with Gasteiger partial charge in [0, 0.05) is 6.54 Å². The van der Waals surface area contributed by atoms with Gasteiger partial charge >= 0.3 is 13.8 Å². The van der Waals surface area contributed by atoms with Gasteiger partial charge in [0.25, 0.3) is 0 Å². The van der Waals surface area contributed by atoms with Crippen molar-refractivity contribution in [3.05, 3.63) is 0 Å². The van der Waals surface area contributed by atoms with E-state index < -0.39 is 13.8 Å². The van der Waals surface area contributed by atoms with Crippen molar-refractivity contribution in [1.82, 2.24) is 5.32 Å². The molecule has 0 bridgehead atoms. The first-order valence-electron chi connectivity index (χ1n) is 3.05. The van der Waals surface area contributed by atoms with E-state index in [0.717, 1.165) is 0 Å². The zero-order valence-corrected chi connectivity index (χ0v) is 7.03. The topological polar surface area (TPSA) is 116 Å². The third-order valence-electron chi connectivity index (χ3n) is 0.779. The van der Waals surface area contributed by atoms with Gasteiger partial charge in [-0.05, 0) is 0 Å². The summed E-state index contributed by atoms with van der Waals surface area (Å²) in [7, 11) is -4.72. The minimum Gasteiger partial charge on any atom is -0.395 e. The largest absolute Gasteiger partial charge is 0.527 e. The lowest BCUT2D eigenvalue weighted by atomic mass is 10.6. The van der Waals surface area contributed by atoms with Gasteiger partial charge in [-0.2, -0.15) is 0 Å². The average molecular weight is 199 g/mol. The quantitative estimate of drug-likeness (QED) is 0.305. The van der Waals surface area contributed by atoms with Crippen molar-refractivity contribution in [1.29, 1.82) is 0 Å². The second kappa shape index (κ2) is 5.23. The van der Waals surface area contributed by atoms with E-state index in [-0.39, 0.29) is 19.7 Å². The van der Waals surface area contributed by atoms with Crippen LogP contribution in [0.25, 0.3) is 0 Å². The van der Waals surface area contributed by atoms with Crippen LogP contribution in [0.1, 0.15) is 0 Å². The molecule has 0 fully saturated rings. The molecule has 4 N–H and O–H groups in total. The third-order valence-corrected chi connectivity index (χ3v) is 1.22. The van der Waals surface area contributed by atoms with E-state index in [4.69, 9.17) is 14.9 Å². The molecule has 0 atom stereocenters. The molecule has 0 spiro atoms. The number of aliphatic hydroxyl groups is 1. The summed E-state index contributed by atoms with van der Waals surface area (Å²) in [4.78, 5) is 26.7. The van der Waals surface area contributed by atoms with Gasteiger partial charge in [0.2, 0.25) is 0 Å². The lowest BCUT2D eigenvalue weighted by Crippen LogP contribution is -2.26. The molecule has 0 unspecified atom stereocenters. The van der Waals surface area contributed by atoms with Crippen molar-refractivity contribution in [2.24, 2.45) is 0 Å². The Bertz CT molecular complexity index is 188. The third kappa shape index (κ3) is 7.64. The standard InChI is InChI=1S/C4H10NO6P/c6-2-1-5-3-4(7)11-12(8,9)10/h5-6H,1-3H2,(H2,8,9,10). The van der Waals surface area contributed by atoms with Crippen molar-refractivity contribution in [3.8, 4) is 0 Å². The predicted molar refractivity (Wildman–Crippen MR) is 38.1 cm³/mol. The molecule has 0 radical (unpaired) electrons. The smallest absolute Gasteiger partial charge is 0.395 e. The van der Waals surface area contributed by atoms with Gasteiger partial charge in [-0.3, -0.25) is 14.6 Å². The van der Waals surface area contributed by atoms with E-state index in [0.29, 0.717) is 0 Å². The molecule has 0 aliphatic carbocycles. The molecule has 0 aromatic carbocycles. The Labute approximate surface area is 68.6 Å². The molecule has 12 heavy (non-hydrogen) atoms. The van der Waals surface area contributed by atoms with Crippen molar-refractivity contribution >= 4 is 13.8 Å². The first-order valence-corrected chi connectivity index (χ1v) is 4.58. The van der Waals surface area contributed by atoms with Gasteiger partial charge in [0.05, 0.1) is 13.2 Å². The van der Waals surface area contributed by atoms with Crippen LogP contribution in [-0.4, -0.2) is 40.6 Å². The molecular formula is C4H10NO6P. The molecule has 0 aromatic rings. The van der Waals surface area contributed by atoms with Gasteiger partial charge in [0.1, 0.15) is 0 Å². The van der Waals surface area contributed by atoms with Crippen molar-refractivity contribution < 1.29 is 28.8 Å². The molecule has 0 amide bonds. The van der Waals surface area contributed by atoms with Gasteiger partial charge in [-0.15, -0.1) is 0 Å². The highest BCUT2D eigenvalue weighted by molar-refractivity contribution is 7.46. The average Bonchev–Trinajstić information content (AvgIpc) is 1.84. The molecule has 0 saturated carbocycles. The predicted octanol–water partition coefficient (Wildman–Crippen LogP) is -1.80. The Balaban J connectivity index is 3.54. The van der Waals surface area contributed by atoms with E-state index in [2.05, 4.69) is 9.84 Å². The second-order valence-corrected chi connectivity index (χ2v) is 3.02. The van der Waals surface area contributed by atoms with E-state index in [9.17, 15) is 9.36 Å². The van der Waals surface area contributed by atoms with Gasteiger partial charge in [-0.25, -0.2) is 4.57 Å². The molecule has 0 saturated heterocycles. The number of carbonyl (C=O) groups is 1. The van der Waals surface area contributed by atoms with Crippen LogP contribution >= 0.6 is 7.82 Å². The molecule has 8 heteroatoms. The monoisotopic (exact) mass is 199 g/mol. The number of rotatable bonds is 5. The number of carbonyl (C=O) groups excluding carboxylic acids is 1. The summed E-state index contributed by atoms with van der Waals surface area (Å²) in [6, 6.07) is 0. The van der Waals surface area contributed by atoms with Crippen molar-refractivity contribution in [2.75, 3.05) is 19.7 Å². The number of phosphoric ester groups is 1. The maximum absolute atomic E-state index is 10.5. The summed E-state index contributed by atoms with van der Waals surface area (Å²) < 4.78 is 13.7. The van der Waals surface area contributed by atoms with E-state index >= 15 is 0 Å². The van der Waals surface area contributed by atoms with E-state index in [1.54, 1.807) is 0 Å². The highest BCUT2D eigenvalue weighted by atomic mass is 31.2. The Kier molecular flexibility index (Phi) is 5.03. The number of hydrogen-bond donors (Lipinski definition) is 4. The number of aliphatic hydroxyl groups excluding tert-OH is 1. The van der Waals surface area contributed by atoms with Crippen molar-refractivity contribution in [3.63, 3.8) is 0 Å². The maximum atomic E-state index is 10.5. The lowest BCUT2D eigenvalue weighted by Gasteiger charge is -2.04. The second-order valence-electron chi connectivity index (χ2n) is 1.85. The first kappa shape index (κ1) is 11.5. The van der Waals surface area contributed by atoms with Gasteiger partial charge in [-0.1, -0.05) is 0 Å². The Morgan fingerprint density at radius 2 is 2.08 bits per heavy atom. The van der Waals surface area contributed by atoms with Crippen LogP contribution in [0.4, 0.5) is 0 Å². The molecule has 0 aromatic heterocycles. The number of hydrogen-bond acceptors (Lipinski definition) is 5.